The third kappa shape index (κ3) is 4.17. The van der Waals surface area contributed by atoms with Gasteiger partial charge in [-0.15, -0.1) is 0 Å². The summed E-state index contributed by atoms with van der Waals surface area (Å²) < 4.78 is 35.3. The molecule has 1 atom stereocenters. The van der Waals surface area contributed by atoms with E-state index in [0.29, 0.717) is 5.56 Å². The van der Waals surface area contributed by atoms with Crippen LogP contribution in [0.1, 0.15) is 12.0 Å². The van der Waals surface area contributed by atoms with Gasteiger partial charge in [0.15, 0.2) is 9.84 Å². The Kier molecular flexibility index (Phi) is 3.99. The van der Waals surface area contributed by atoms with Gasteiger partial charge in [0.1, 0.15) is 5.82 Å². The quantitative estimate of drug-likeness (QED) is 0.908. The minimum Gasteiger partial charge on any atom is -0.352 e. The zero-order valence-electron chi connectivity index (χ0n) is 10.2. The number of hydrogen-bond donors (Lipinski definition) is 1. The van der Waals surface area contributed by atoms with Crippen molar-refractivity contribution in [2.45, 2.75) is 13.0 Å². The van der Waals surface area contributed by atoms with Crippen molar-refractivity contribution in [2.75, 3.05) is 5.75 Å². The van der Waals surface area contributed by atoms with E-state index in [1.54, 1.807) is 12.1 Å². The maximum Gasteiger partial charge on any atom is 0.220 e. The van der Waals surface area contributed by atoms with Crippen LogP contribution < -0.4 is 5.32 Å². The van der Waals surface area contributed by atoms with Crippen molar-refractivity contribution in [3.8, 4) is 0 Å². The SMILES string of the molecule is O=C(C[C@H]1C=CS(=O)(=O)C1)NCc1cccc(F)c1. The van der Waals surface area contributed by atoms with Gasteiger partial charge in [0.25, 0.3) is 0 Å². The molecule has 4 nitrogen and oxygen atoms in total. The number of carbonyl (C=O) groups excluding carboxylic acids is 1. The molecule has 19 heavy (non-hydrogen) atoms. The molecule has 1 N–H and O–H groups in total. The number of amides is 1. The number of nitrogens with one attached hydrogen (secondary N) is 1. The fraction of sp³-hybridized carbons (Fsp3) is 0.308. The average molecular weight is 283 g/mol. The third-order valence-corrected chi connectivity index (χ3v) is 4.30. The number of carbonyl (C=O) groups is 1. The van der Waals surface area contributed by atoms with Crippen molar-refractivity contribution >= 4 is 15.7 Å². The molecule has 0 unspecified atom stereocenters. The highest BCUT2D eigenvalue weighted by Crippen LogP contribution is 2.18. The van der Waals surface area contributed by atoms with Crippen molar-refractivity contribution in [1.29, 1.82) is 0 Å². The highest BCUT2D eigenvalue weighted by atomic mass is 32.2. The predicted molar refractivity (Wildman–Crippen MR) is 69.3 cm³/mol. The van der Waals surface area contributed by atoms with Crippen molar-refractivity contribution < 1.29 is 17.6 Å². The summed E-state index contributed by atoms with van der Waals surface area (Å²) in [5.41, 5.74) is 0.669. The molecule has 1 aliphatic heterocycles. The topological polar surface area (TPSA) is 63.2 Å². The van der Waals surface area contributed by atoms with E-state index in [1.807, 2.05) is 0 Å². The average Bonchev–Trinajstić information content (AvgIpc) is 2.66. The van der Waals surface area contributed by atoms with Crippen molar-refractivity contribution in [2.24, 2.45) is 5.92 Å². The second-order valence-electron chi connectivity index (χ2n) is 4.53. The third-order valence-electron chi connectivity index (χ3n) is 2.83. The lowest BCUT2D eigenvalue weighted by molar-refractivity contribution is -0.121. The van der Waals surface area contributed by atoms with Crippen LogP contribution in [0.3, 0.4) is 0 Å². The highest BCUT2D eigenvalue weighted by molar-refractivity contribution is 7.94. The van der Waals surface area contributed by atoms with Gasteiger partial charge >= 0.3 is 0 Å². The lowest BCUT2D eigenvalue weighted by atomic mass is 10.1. The van der Waals surface area contributed by atoms with Crippen LogP contribution in [0.25, 0.3) is 0 Å². The molecule has 6 heteroatoms. The maximum atomic E-state index is 12.9. The molecular formula is C13H14FNO3S. The van der Waals surface area contributed by atoms with Crippen molar-refractivity contribution in [3.05, 3.63) is 47.1 Å². The molecule has 0 saturated heterocycles. The molecule has 0 aromatic heterocycles. The highest BCUT2D eigenvalue weighted by Gasteiger charge is 2.23. The number of halogens is 1. The van der Waals surface area contributed by atoms with E-state index in [0.717, 1.165) is 5.41 Å². The largest absolute Gasteiger partial charge is 0.352 e. The molecule has 1 aliphatic rings. The Hall–Kier alpha value is -1.69. The molecular weight excluding hydrogens is 269 g/mol. The van der Waals surface area contributed by atoms with Gasteiger partial charge in [-0.3, -0.25) is 4.79 Å². The van der Waals surface area contributed by atoms with Crippen molar-refractivity contribution in [3.63, 3.8) is 0 Å². The van der Waals surface area contributed by atoms with Crippen LogP contribution in [-0.4, -0.2) is 20.1 Å². The second kappa shape index (κ2) is 5.52. The summed E-state index contributed by atoms with van der Waals surface area (Å²) in [6.07, 6.45) is 1.67. The van der Waals surface area contributed by atoms with E-state index >= 15 is 0 Å². The van der Waals surface area contributed by atoms with Gasteiger partial charge in [-0.25, -0.2) is 12.8 Å². The fourth-order valence-electron chi connectivity index (χ4n) is 1.93. The van der Waals surface area contributed by atoms with Crippen molar-refractivity contribution in [1.82, 2.24) is 5.32 Å². The van der Waals surface area contributed by atoms with Crippen LogP contribution in [0.4, 0.5) is 4.39 Å². The Morgan fingerprint density at radius 3 is 2.84 bits per heavy atom. The number of rotatable bonds is 4. The zero-order valence-corrected chi connectivity index (χ0v) is 11.0. The summed E-state index contributed by atoms with van der Waals surface area (Å²) >= 11 is 0. The zero-order chi connectivity index (χ0) is 13.9. The number of benzene rings is 1. The normalized spacial score (nSPS) is 20.4. The monoisotopic (exact) mass is 283 g/mol. The molecule has 0 aliphatic carbocycles. The molecule has 1 heterocycles. The molecule has 0 radical (unpaired) electrons. The smallest absolute Gasteiger partial charge is 0.220 e. The van der Waals surface area contributed by atoms with Gasteiger partial charge in [-0.1, -0.05) is 18.2 Å². The van der Waals surface area contributed by atoms with Gasteiger partial charge in [0, 0.05) is 24.3 Å². The van der Waals surface area contributed by atoms with Crippen LogP contribution >= 0.6 is 0 Å². The standard InChI is InChI=1S/C13H14FNO3S/c14-12-3-1-2-10(6-12)8-15-13(16)7-11-4-5-19(17,18)9-11/h1-6,11H,7-9H2,(H,15,16)/t11-/m1/s1. The Balaban J connectivity index is 1.81. The summed E-state index contributed by atoms with van der Waals surface area (Å²) in [5.74, 6) is -0.870. The lowest BCUT2D eigenvalue weighted by Crippen LogP contribution is -2.25. The van der Waals surface area contributed by atoms with E-state index in [4.69, 9.17) is 0 Å². The maximum absolute atomic E-state index is 12.9. The number of allylic oxidation sites excluding steroid dienone is 1. The van der Waals surface area contributed by atoms with Gasteiger partial charge in [-0.05, 0) is 17.7 Å². The first-order chi connectivity index (χ1) is 8.94. The summed E-state index contributed by atoms with van der Waals surface area (Å²) in [6.45, 7) is 0.236. The first-order valence-corrected chi connectivity index (χ1v) is 7.58. The second-order valence-corrected chi connectivity index (χ2v) is 6.46. The van der Waals surface area contributed by atoms with E-state index in [2.05, 4.69) is 5.32 Å². The first-order valence-electron chi connectivity index (χ1n) is 5.87. The molecule has 1 amide bonds. The van der Waals surface area contributed by atoms with Crippen LogP contribution in [0.5, 0.6) is 0 Å². The molecule has 0 bridgehead atoms. The van der Waals surface area contributed by atoms with Crippen LogP contribution in [0.15, 0.2) is 35.7 Å². The molecule has 102 valence electrons. The Labute approximate surface area is 111 Å². The minimum atomic E-state index is -3.12. The Bertz CT molecular complexity index is 610. The molecule has 0 fully saturated rings. The number of sulfone groups is 1. The van der Waals surface area contributed by atoms with E-state index in [-0.39, 0.29) is 36.4 Å². The van der Waals surface area contributed by atoms with E-state index < -0.39 is 9.84 Å². The Morgan fingerprint density at radius 2 is 2.21 bits per heavy atom. The molecule has 0 saturated carbocycles. The van der Waals surface area contributed by atoms with Gasteiger partial charge in [0.05, 0.1) is 5.75 Å². The fourth-order valence-corrected chi connectivity index (χ4v) is 3.32. The van der Waals surface area contributed by atoms with Crippen LogP contribution in [0, 0.1) is 11.7 Å². The molecule has 1 aromatic rings. The summed E-state index contributed by atoms with van der Waals surface area (Å²) in [7, 11) is -3.12. The van der Waals surface area contributed by atoms with E-state index in [9.17, 15) is 17.6 Å². The lowest BCUT2D eigenvalue weighted by Gasteiger charge is -2.08. The molecule has 2 rings (SSSR count). The summed E-state index contributed by atoms with van der Waals surface area (Å²) in [6, 6.07) is 5.96. The summed E-state index contributed by atoms with van der Waals surface area (Å²) in [5, 5.41) is 3.80. The van der Waals surface area contributed by atoms with Gasteiger partial charge in [-0.2, -0.15) is 0 Å². The van der Waals surface area contributed by atoms with Crippen LogP contribution in [-0.2, 0) is 21.2 Å². The molecule has 0 spiro atoms. The Morgan fingerprint density at radius 1 is 1.42 bits per heavy atom. The number of hydrogen-bond acceptors (Lipinski definition) is 3. The van der Waals surface area contributed by atoms with Crippen LogP contribution in [0.2, 0.25) is 0 Å². The minimum absolute atomic E-state index is 0.0135. The molecule has 1 aromatic carbocycles. The summed E-state index contributed by atoms with van der Waals surface area (Å²) in [4.78, 5) is 11.6. The van der Waals surface area contributed by atoms with Gasteiger partial charge in [0.2, 0.25) is 5.91 Å². The predicted octanol–water partition coefficient (Wildman–Crippen LogP) is 1.39. The van der Waals surface area contributed by atoms with Gasteiger partial charge < -0.3 is 5.32 Å². The van der Waals surface area contributed by atoms with E-state index in [1.165, 1.54) is 18.2 Å². The first kappa shape index (κ1) is 13.7.